The van der Waals surface area contributed by atoms with Crippen LogP contribution in [0.1, 0.15) is 29.8 Å². The van der Waals surface area contributed by atoms with Gasteiger partial charge in [-0.05, 0) is 19.9 Å². The zero-order valence-electron chi connectivity index (χ0n) is 14.0. The summed E-state index contributed by atoms with van der Waals surface area (Å²) in [5.41, 5.74) is -0.438. The lowest BCUT2D eigenvalue weighted by Gasteiger charge is -2.41. The molecule has 1 aromatic carbocycles. The van der Waals surface area contributed by atoms with Crippen molar-refractivity contribution in [1.82, 2.24) is 5.32 Å². The molecule has 138 valence electrons. The van der Waals surface area contributed by atoms with E-state index in [0.717, 1.165) is 0 Å². The summed E-state index contributed by atoms with van der Waals surface area (Å²) in [6.45, 7) is 3.49. The SMILES string of the molecule is CC1(C)O[C@@H]2[C@@H](O)[C@H]3OC34c3cc5c(c(O)c3C(=O)N[C@H]4[C@@H]2O1)OCO5. The average Bonchev–Trinajstić information content (AvgIpc) is 2.96. The van der Waals surface area contributed by atoms with E-state index in [4.69, 9.17) is 23.7 Å². The van der Waals surface area contributed by atoms with Gasteiger partial charge in [0.1, 0.15) is 30.0 Å². The molecule has 3 N–H and O–H groups in total. The van der Waals surface area contributed by atoms with Gasteiger partial charge in [-0.15, -0.1) is 0 Å². The van der Waals surface area contributed by atoms with Crippen LogP contribution in [0.2, 0.25) is 0 Å². The molecule has 1 aromatic rings. The van der Waals surface area contributed by atoms with E-state index in [9.17, 15) is 15.0 Å². The number of hydrogen-bond donors (Lipinski definition) is 3. The number of ether oxygens (including phenoxy) is 5. The van der Waals surface area contributed by atoms with Gasteiger partial charge in [0.05, 0.1) is 11.6 Å². The van der Waals surface area contributed by atoms with Crippen LogP contribution in [0.3, 0.4) is 0 Å². The lowest BCUT2D eigenvalue weighted by molar-refractivity contribution is -0.157. The number of benzene rings is 1. The molecule has 1 saturated carbocycles. The number of epoxide rings is 1. The fourth-order valence-corrected chi connectivity index (χ4v) is 4.86. The Bertz CT molecular complexity index is 869. The summed E-state index contributed by atoms with van der Waals surface area (Å²) in [7, 11) is 0. The maximum atomic E-state index is 12.8. The standard InChI is InChI=1S/C17H17NO8/c1-16(2)24-11-9(20)14-17(26-14)5-3-6-10(23-4-22-6)8(19)7(5)15(21)18-13(17)12(11)25-16/h3,9,11-14,19-20H,4H2,1-2H3,(H,18,21)/t9-,11-,12-,13+,14-,17?/m1/s1. The molecule has 9 heteroatoms. The molecule has 4 heterocycles. The van der Waals surface area contributed by atoms with E-state index in [1.54, 1.807) is 19.9 Å². The van der Waals surface area contributed by atoms with Crippen LogP contribution in [0.25, 0.3) is 0 Å². The van der Waals surface area contributed by atoms with Gasteiger partial charge in [-0.2, -0.15) is 0 Å². The minimum atomic E-state index is -0.994. The first-order valence-corrected chi connectivity index (χ1v) is 8.52. The summed E-state index contributed by atoms with van der Waals surface area (Å²) in [6.07, 6.45) is -2.69. The first-order chi connectivity index (χ1) is 12.3. The summed E-state index contributed by atoms with van der Waals surface area (Å²) < 4.78 is 28.4. The number of rotatable bonds is 0. The van der Waals surface area contributed by atoms with E-state index < -0.39 is 47.8 Å². The highest BCUT2D eigenvalue weighted by molar-refractivity contribution is 6.02. The van der Waals surface area contributed by atoms with E-state index in [-0.39, 0.29) is 23.9 Å². The zero-order valence-corrected chi connectivity index (χ0v) is 14.0. The normalized spacial score (nSPS) is 43.0. The smallest absolute Gasteiger partial charge is 0.256 e. The summed E-state index contributed by atoms with van der Waals surface area (Å²) in [5.74, 6) is -1.13. The second kappa shape index (κ2) is 4.25. The lowest BCUT2D eigenvalue weighted by atomic mass is 9.71. The number of phenols is 1. The Morgan fingerprint density at radius 1 is 1.19 bits per heavy atom. The van der Waals surface area contributed by atoms with Gasteiger partial charge < -0.3 is 39.2 Å². The largest absolute Gasteiger partial charge is 0.504 e. The number of amides is 1. The van der Waals surface area contributed by atoms with Crippen molar-refractivity contribution in [3.63, 3.8) is 0 Å². The fraction of sp³-hybridized carbons (Fsp3) is 0.588. The third-order valence-corrected chi connectivity index (χ3v) is 5.86. The van der Waals surface area contributed by atoms with E-state index in [1.807, 2.05) is 0 Å². The van der Waals surface area contributed by atoms with Gasteiger partial charge in [-0.25, -0.2) is 0 Å². The van der Waals surface area contributed by atoms with Crippen molar-refractivity contribution in [1.29, 1.82) is 0 Å². The van der Waals surface area contributed by atoms with Crippen molar-refractivity contribution in [2.45, 2.75) is 55.7 Å². The van der Waals surface area contributed by atoms with Crippen molar-refractivity contribution in [2.24, 2.45) is 0 Å². The Morgan fingerprint density at radius 2 is 1.96 bits per heavy atom. The molecular formula is C17H17NO8. The number of aliphatic hydroxyl groups is 1. The minimum absolute atomic E-state index is 0.0351. The predicted octanol–water partition coefficient (Wildman–Crippen LogP) is -0.278. The molecule has 6 rings (SSSR count). The Morgan fingerprint density at radius 3 is 2.77 bits per heavy atom. The number of carbonyl (C=O) groups is 1. The summed E-state index contributed by atoms with van der Waals surface area (Å²) in [6, 6.07) is 1.10. The number of phenolic OH excluding ortho intramolecular Hbond substituents is 1. The van der Waals surface area contributed by atoms with Gasteiger partial charge in [0.2, 0.25) is 12.5 Å². The van der Waals surface area contributed by atoms with E-state index in [2.05, 4.69) is 5.32 Å². The number of nitrogens with one attached hydrogen (secondary N) is 1. The quantitative estimate of drug-likeness (QED) is 0.539. The molecular weight excluding hydrogens is 346 g/mol. The lowest BCUT2D eigenvalue weighted by Crippen LogP contribution is -2.64. The second-order valence-corrected chi connectivity index (χ2v) is 7.72. The van der Waals surface area contributed by atoms with Gasteiger partial charge in [0.25, 0.3) is 5.91 Å². The van der Waals surface area contributed by atoms with Crippen molar-refractivity contribution in [3.05, 3.63) is 17.2 Å². The monoisotopic (exact) mass is 363 g/mol. The Balaban J connectivity index is 1.54. The third kappa shape index (κ3) is 1.54. The topological polar surface area (TPSA) is 119 Å². The van der Waals surface area contributed by atoms with Gasteiger partial charge >= 0.3 is 0 Å². The molecule has 0 radical (unpaired) electrons. The zero-order chi connectivity index (χ0) is 18.0. The molecule has 5 aliphatic rings. The van der Waals surface area contributed by atoms with Gasteiger partial charge in [0.15, 0.2) is 17.3 Å². The van der Waals surface area contributed by atoms with Crippen molar-refractivity contribution >= 4 is 5.91 Å². The van der Waals surface area contributed by atoms with Crippen LogP contribution in [-0.4, -0.2) is 59.2 Å². The molecule has 0 bridgehead atoms. The predicted molar refractivity (Wildman–Crippen MR) is 81.9 cm³/mol. The molecule has 9 nitrogen and oxygen atoms in total. The first kappa shape index (κ1) is 15.0. The molecule has 1 amide bonds. The molecule has 4 aliphatic heterocycles. The molecule has 1 aliphatic carbocycles. The summed E-state index contributed by atoms with van der Waals surface area (Å²) in [5, 5.41) is 24.2. The van der Waals surface area contributed by atoms with Crippen LogP contribution in [0.4, 0.5) is 0 Å². The summed E-state index contributed by atoms with van der Waals surface area (Å²) in [4.78, 5) is 12.8. The van der Waals surface area contributed by atoms with E-state index >= 15 is 0 Å². The van der Waals surface area contributed by atoms with E-state index in [0.29, 0.717) is 11.3 Å². The molecule has 6 atom stereocenters. The van der Waals surface area contributed by atoms with E-state index in [1.165, 1.54) is 0 Å². The maximum Gasteiger partial charge on any atom is 0.256 e. The van der Waals surface area contributed by atoms with Crippen LogP contribution in [0.5, 0.6) is 17.2 Å². The van der Waals surface area contributed by atoms with Gasteiger partial charge in [0, 0.05) is 5.56 Å². The number of fused-ring (bicyclic) bond motifs is 4. The third-order valence-electron chi connectivity index (χ3n) is 5.86. The summed E-state index contributed by atoms with van der Waals surface area (Å²) >= 11 is 0. The first-order valence-electron chi connectivity index (χ1n) is 8.52. The van der Waals surface area contributed by atoms with Crippen LogP contribution < -0.4 is 14.8 Å². The Kier molecular flexibility index (Phi) is 2.46. The Labute approximate surface area is 147 Å². The number of carbonyl (C=O) groups excluding carboxylic acids is 1. The molecule has 0 aromatic heterocycles. The van der Waals surface area contributed by atoms with Crippen LogP contribution >= 0.6 is 0 Å². The second-order valence-electron chi connectivity index (χ2n) is 7.72. The highest BCUT2D eigenvalue weighted by atomic mass is 16.8. The fourth-order valence-electron chi connectivity index (χ4n) is 4.86. The van der Waals surface area contributed by atoms with Gasteiger partial charge in [-0.3, -0.25) is 4.79 Å². The molecule has 1 spiro atoms. The highest BCUT2D eigenvalue weighted by Gasteiger charge is 2.77. The molecule has 3 fully saturated rings. The average molecular weight is 363 g/mol. The van der Waals surface area contributed by atoms with Crippen molar-refractivity contribution in [3.8, 4) is 17.2 Å². The number of aliphatic hydroxyl groups excluding tert-OH is 1. The Hall–Kier alpha value is -2.07. The van der Waals surface area contributed by atoms with Crippen LogP contribution in [0.15, 0.2) is 6.07 Å². The molecule has 1 unspecified atom stereocenters. The maximum absolute atomic E-state index is 12.8. The van der Waals surface area contributed by atoms with Crippen LogP contribution in [-0.2, 0) is 19.8 Å². The van der Waals surface area contributed by atoms with Crippen molar-refractivity contribution in [2.75, 3.05) is 6.79 Å². The highest BCUT2D eigenvalue weighted by Crippen LogP contribution is 2.62. The number of hydrogen-bond acceptors (Lipinski definition) is 8. The molecule has 2 saturated heterocycles. The number of aromatic hydroxyl groups is 1. The molecule has 26 heavy (non-hydrogen) atoms. The minimum Gasteiger partial charge on any atom is -0.504 e. The van der Waals surface area contributed by atoms with Gasteiger partial charge in [-0.1, -0.05) is 0 Å². The van der Waals surface area contributed by atoms with Crippen LogP contribution in [0, 0.1) is 0 Å². The van der Waals surface area contributed by atoms with Crippen molar-refractivity contribution < 1.29 is 38.7 Å².